The molecule has 5 heteroatoms. The Kier molecular flexibility index (Phi) is 4.44. The Balaban J connectivity index is 2.56. The minimum Gasteiger partial charge on any atom is -0.364 e. The van der Waals surface area contributed by atoms with Crippen molar-refractivity contribution in [3.63, 3.8) is 0 Å². The molecule has 1 aliphatic carbocycles. The summed E-state index contributed by atoms with van der Waals surface area (Å²) in [7, 11) is 0. The first-order valence-corrected chi connectivity index (χ1v) is 5.42. The monoisotopic (exact) mass is 254 g/mol. The molecule has 0 aromatic carbocycles. The van der Waals surface area contributed by atoms with Crippen LogP contribution in [0.3, 0.4) is 0 Å². The fourth-order valence-electron chi connectivity index (χ4n) is 1.46. The third-order valence-corrected chi connectivity index (χ3v) is 2.54. The van der Waals surface area contributed by atoms with E-state index in [1.54, 1.807) is 6.08 Å². The van der Waals surface area contributed by atoms with E-state index in [1.165, 1.54) is 6.08 Å². The van der Waals surface area contributed by atoms with Gasteiger partial charge in [-0.1, -0.05) is 31.0 Å². The van der Waals surface area contributed by atoms with Crippen LogP contribution in [-0.2, 0) is 4.74 Å². The van der Waals surface area contributed by atoms with E-state index in [-0.39, 0.29) is 5.92 Å². The molecule has 1 unspecified atom stereocenters. The maximum absolute atomic E-state index is 12.0. The third kappa shape index (κ3) is 4.58. The van der Waals surface area contributed by atoms with E-state index in [1.807, 2.05) is 13.8 Å². The summed E-state index contributed by atoms with van der Waals surface area (Å²) in [5, 5.41) is 0.446. The SMILES string of the molecule is CC(C)C1=CC(Cl)=CC(OCC(F)(F)F)C1. The van der Waals surface area contributed by atoms with E-state index in [2.05, 4.69) is 0 Å². The molecule has 0 saturated heterocycles. The van der Waals surface area contributed by atoms with Gasteiger partial charge in [-0.3, -0.25) is 0 Å². The van der Waals surface area contributed by atoms with Crippen molar-refractivity contribution in [2.75, 3.05) is 6.61 Å². The smallest absolute Gasteiger partial charge is 0.364 e. The molecule has 0 fully saturated rings. The summed E-state index contributed by atoms with van der Waals surface area (Å²) in [5.74, 6) is 0.263. The molecular formula is C11H14ClF3O. The summed E-state index contributed by atoms with van der Waals surface area (Å²) < 4.78 is 40.7. The van der Waals surface area contributed by atoms with Gasteiger partial charge in [-0.15, -0.1) is 0 Å². The predicted molar refractivity (Wildman–Crippen MR) is 57.3 cm³/mol. The number of hydrogen-bond donors (Lipinski definition) is 0. The summed E-state index contributed by atoms with van der Waals surface area (Å²) in [6, 6.07) is 0. The van der Waals surface area contributed by atoms with Gasteiger partial charge < -0.3 is 4.74 Å². The summed E-state index contributed by atoms with van der Waals surface area (Å²) in [5.41, 5.74) is 1.01. The van der Waals surface area contributed by atoms with Gasteiger partial charge in [-0.2, -0.15) is 13.2 Å². The topological polar surface area (TPSA) is 9.23 Å². The lowest BCUT2D eigenvalue weighted by Gasteiger charge is -2.23. The molecule has 0 aliphatic heterocycles. The van der Waals surface area contributed by atoms with Gasteiger partial charge in [0.05, 0.1) is 6.10 Å². The van der Waals surface area contributed by atoms with Crippen molar-refractivity contribution in [2.24, 2.45) is 5.92 Å². The molecule has 0 aromatic rings. The highest BCUT2D eigenvalue weighted by Gasteiger charge is 2.29. The van der Waals surface area contributed by atoms with Crippen LogP contribution in [0.1, 0.15) is 20.3 Å². The molecule has 1 rings (SSSR count). The highest BCUT2D eigenvalue weighted by molar-refractivity contribution is 6.31. The van der Waals surface area contributed by atoms with Crippen molar-refractivity contribution in [2.45, 2.75) is 32.5 Å². The highest BCUT2D eigenvalue weighted by atomic mass is 35.5. The summed E-state index contributed by atoms with van der Waals surface area (Å²) in [6.45, 7) is 2.72. The summed E-state index contributed by atoms with van der Waals surface area (Å²) in [6.07, 6.45) is -1.08. The van der Waals surface area contributed by atoms with E-state index in [9.17, 15) is 13.2 Å². The molecule has 0 aromatic heterocycles. The quantitative estimate of drug-likeness (QED) is 0.739. The van der Waals surface area contributed by atoms with Crippen LogP contribution in [0.25, 0.3) is 0 Å². The Morgan fingerprint density at radius 2 is 2.12 bits per heavy atom. The Morgan fingerprint density at radius 3 is 2.62 bits per heavy atom. The number of alkyl halides is 3. The average Bonchev–Trinajstić information content (AvgIpc) is 2.13. The summed E-state index contributed by atoms with van der Waals surface area (Å²) >= 11 is 5.82. The Labute approximate surface area is 97.9 Å². The molecule has 0 amide bonds. The Morgan fingerprint density at radius 1 is 1.50 bits per heavy atom. The van der Waals surface area contributed by atoms with Crippen LogP contribution < -0.4 is 0 Å². The first kappa shape index (κ1) is 13.6. The van der Waals surface area contributed by atoms with Crippen molar-refractivity contribution in [3.05, 3.63) is 22.8 Å². The lowest BCUT2D eigenvalue weighted by atomic mass is 9.93. The zero-order chi connectivity index (χ0) is 12.3. The third-order valence-electron chi connectivity index (χ3n) is 2.31. The first-order chi connectivity index (χ1) is 7.28. The van der Waals surface area contributed by atoms with Gasteiger partial charge in [-0.25, -0.2) is 0 Å². The van der Waals surface area contributed by atoms with E-state index < -0.39 is 18.9 Å². The molecule has 0 radical (unpaired) electrons. The van der Waals surface area contributed by atoms with Crippen molar-refractivity contribution in [1.82, 2.24) is 0 Å². The lowest BCUT2D eigenvalue weighted by molar-refractivity contribution is -0.180. The molecule has 0 saturated carbocycles. The second-order valence-electron chi connectivity index (χ2n) is 4.09. The van der Waals surface area contributed by atoms with Crippen LogP contribution in [0.5, 0.6) is 0 Å². The highest BCUT2D eigenvalue weighted by Crippen LogP contribution is 2.28. The van der Waals surface area contributed by atoms with Crippen LogP contribution in [0.2, 0.25) is 0 Å². The second-order valence-corrected chi connectivity index (χ2v) is 4.53. The molecular weight excluding hydrogens is 241 g/mol. The van der Waals surface area contributed by atoms with Crippen molar-refractivity contribution >= 4 is 11.6 Å². The number of ether oxygens (including phenoxy) is 1. The lowest BCUT2D eigenvalue weighted by Crippen LogP contribution is -2.24. The zero-order valence-corrected chi connectivity index (χ0v) is 9.90. The van der Waals surface area contributed by atoms with E-state index in [0.717, 1.165) is 5.57 Å². The fourth-order valence-corrected chi connectivity index (χ4v) is 1.74. The molecule has 1 nitrogen and oxygen atoms in total. The molecule has 0 heterocycles. The maximum atomic E-state index is 12.0. The number of allylic oxidation sites excluding steroid dienone is 2. The standard InChI is InChI=1S/C11H14ClF3O/c1-7(2)8-3-9(12)5-10(4-8)16-6-11(13,14)15/h3,5,7,10H,4,6H2,1-2H3. The largest absolute Gasteiger partial charge is 0.411 e. The Hall–Kier alpha value is -0.480. The van der Waals surface area contributed by atoms with Crippen LogP contribution in [0.15, 0.2) is 22.8 Å². The van der Waals surface area contributed by atoms with Gasteiger partial charge in [0.15, 0.2) is 0 Å². The van der Waals surface area contributed by atoms with Crippen LogP contribution in [-0.4, -0.2) is 18.9 Å². The molecule has 92 valence electrons. The maximum Gasteiger partial charge on any atom is 0.411 e. The summed E-state index contributed by atoms with van der Waals surface area (Å²) in [4.78, 5) is 0. The van der Waals surface area contributed by atoms with Gasteiger partial charge >= 0.3 is 6.18 Å². The zero-order valence-electron chi connectivity index (χ0n) is 9.14. The second kappa shape index (κ2) is 5.23. The van der Waals surface area contributed by atoms with Crippen molar-refractivity contribution < 1.29 is 17.9 Å². The average molecular weight is 255 g/mol. The van der Waals surface area contributed by atoms with Crippen LogP contribution >= 0.6 is 11.6 Å². The molecule has 16 heavy (non-hydrogen) atoms. The van der Waals surface area contributed by atoms with E-state index in [0.29, 0.717) is 11.5 Å². The first-order valence-electron chi connectivity index (χ1n) is 5.04. The van der Waals surface area contributed by atoms with Gasteiger partial charge in [-0.05, 0) is 24.5 Å². The van der Waals surface area contributed by atoms with Gasteiger partial charge in [0.25, 0.3) is 0 Å². The molecule has 1 aliphatic rings. The van der Waals surface area contributed by atoms with Crippen molar-refractivity contribution in [3.8, 4) is 0 Å². The van der Waals surface area contributed by atoms with Gasteiger partial charge in [0, 0.05) is 5.03 Å². The fraction of sp³-hybridized carbons (Fsp3) is 0.636. The van der Waals surface area contributed by atoms with Crippen molar-refractivity contribution in [1.29, 1.82) is 0 Å². The molecule has 1 atom stereocenters. The van der Waals surface area contributed by atoms with Gasteiger partial charge in [0.2, 0.25) is 0 Å². The number of halogens is 4. The minimum absolute atomic E-state index is 0.263. The Bertz CT molecular complexity index is 305. The normalized spacial score (nSPS) is 22.1. The van der Waals surface area contributed by atoms with Crippen LogP contribution in [0.4, 0.5) is 13.2 Å². The molecule has 0 bridgehead atoms. The van der Waals surface area contributed by atoms with E-state index >= 15 is 0 Å². The van der Waals surface area contributed by atoms with Gasteiger partial charge in [0.1, 0.15) is 6.61 Å². The van der Waals surface area contributed by atoms with Crippen LogP contribution in [0, 0.1) is 5.92 Å². The predicted octanol–water partition coefficient (Wildman–Crippen LogP) is 4.04. The number of hydrogen-bond acceptors (Lipinski definition) is 1. The minimum atomic E-state index is -4.29. The molecule has 0 spiro atoms. The molecule has 0 N–H and O–H groups in total. The number of rotatable bonds is 3. The van der Waals surface area contributed by atoms with E-state index in [4.69, 9.17) is 16.3 Å².